The Morgan fingerprint density at radius 2 is 0.756 bits per heavy atom. The van der Waals surface area contributed by atoms with Crippen molar-refractivity contribution in [3.8, 4) is 0 Å². The van der Waals surface area contributed by atoms with Crippen molar-refractivity contribution in [1.29, 1.82) is 0 Å². The summed E-state index contributed by atoms with van der Waals surface area (Å²) in [5.74, 6) is -5.51. The van der Waals surface area contributed by atoms with E-state index < -0.39 is 131 Å². The molecule has 2 fully saturated rings. The van der Waals surface area contributed by atoms with E-state index in [4.69, 9.17) is 65.2 Å². The van der Waals surface area contributed by atoms with E-state index in [2.05, 4.69) is 29.9 Å². The number of hydrogen-bond donors (Lipinski definition) is 0. The maximum absolute atomic E-state index is 14.5. The highest BCUT2D eigenvalue weighted by Crippen LogP contribution is 2.37. The maximum Gasteiger partial charge on any atom is 0.338 e. The van der Waals surface area contributed by atoms with E-state index >= 15 is 0 Å². The van der Waals surface area contributed by atoms with E-state index in [1.54, 1.807) is 153 Å². The van der Waals surface area contributed by atoms with Crippen LogP contribution in [0, 0.1) is 20.8 Å². The van der Waals surface area contributed by atoms with Crippen molar-refractivity contribution in [2.24, 2.45) is 0 Å². The quantitative estimate of drug-likeness (QED) is 0.0114. The second-order valence-corrected chi connectivity index (χ2v) is 32.0. The van der Waals surface area contributed by atoms with Gasteiger partial charge in [0.05, 0.1) is 112 Å². The monoisotopic (exact) mass is 1700 g/mol. The summed E-state index contributed by atoms with van der Waals surface area (Å²) in [5.41, 5.74) is 4.03. The Kier molecular flexibility index (Phi) is 30.8. The molecule has 119 heavy (non-hydrogen) atoms. The van der Waals surface area contributed by atoms with E-state index in [0.29, 0.717) is 28.4 Å². The number of carbonyl (C=O) groups excluding carboxylic acids is 6. The zero-order valence-electron chi connectivity index (χ0n) is 65.4. The second kappa shape index (κ2) is 41.8. The van der Waals surface area contributed by atoms with Gasteiger partial charge in [-0.05, 0) is 135 Å². The minimum Gasteiger partial charge on any atom is -0.452 e. The Balaban J connectivity index is 0.702. The smallest absolute Gasteiger partial charge is 0.338 e. The molecule has 0 amide bonds. The molecule has 0 N–H and O–H groups in total. The van der Waals surface area contributed by atoms with Crippen LogP contribution in [-0.4, -0.2) is 190 Å². The van der Waals surface area contributed by atoms with Crippen molar-refractivity contribution < 1.29 is 111 Å². The third-order valence-electron chi connectivity index (χ3n) is 18.9. The van der Waals surface area contributed by atoms with E-state index in [1.807, 2.05) is 27.4 Å². The van der Waals surface area contributed by atoms with Crippen molar-refractivity contribution >= 4 is 79.2 Å². The third kappa shape index (κ3) is 23.2. The first-order valence-corrected chi connectivity index (χ1v) is 43.1. The second-order valence-electron chi connectivity index (χ2n) is 27.4. The molecule has 10 aromatic rings. The molecule has 0 bridgehead atoms. The van der Waals surface area contributed by atoms with E-state index in [9.17, 15) is 45.6 Å². The molecule has 8 aromatic carbocycles. The molecule has 624 valence electrons. The molecule has 12 atom stereocenters. The van der Waals surface area contributed by atoms with Crippen LogP contribution in [-0.2, 0) is 124 Å². The molecule has 30 nitrogen and oxygen atoms in total. The maximum atomic E-state index is 14.5. The number of benzene rings is 8. The van der Waals surface area contributed by atoms with E-state index in [-0.39, 0.29) is 122 Å². The molecule has 12 rings (SSSR count). The van der Waals surface area contributed by atoms with E-state index in [0.717, 1.165) is 11.1 Å². The molecule has 2 aliphatic rings. The fraction of sp³-hybridized carbons (Fsp3) is 0.318. The van der Waals surface area contributed by atoms with Gasteiger partial charge in [-0.2, -0.15) is 16.8 Å². The minimum absolute atomic E-state index is 0.0475. The van der Waals surface area contributed by atoms with Gasteiger partial charge in [0.2, 0.25) is 0 Å². The van der Waals surface area contributed by atoms with Gasteiger partial charge < -0.3 is 56.8 Å². The summed E-state index contributed by atoms with van der Waals surface area (Å²) in [4.78, 5) is 85.2. The fourth-order valence-electron chi connectivity index (χ4n) is 13.3. The lowest BCUT2D eigenvalue weighted by molar-refractivity contribution is -0.300. The molecule has 34 heteroatoms. The van der Waals surface area contributed by atoms with Crippen LogP contribution < -0.4 is 5.30 Å². The Labute approximate surface area is 691 Å². The number of aryl methyl sites for hydroxylation is 4. The molecule has 2 aliphatic heterocycles. The summed E-state index contributed by atoms with van der Waals surface area (Å²) in [6, 6.07) is 54.3. The number of esters is 6. The highest BCUT2D eigenvalue weighted by atomic mass is 32.2. The molecule has 2 saturated heterocycles. The van der Waals surface area contributed by atoms with Crippen molar-refractivity contribution in [1.82, 2.24) is 30.0 Å². The van der Waals surface area contributed by atoms with Gasteiger partial charge in [-0.15, -0.1) is 19.4 Å². The van der Waals surface area contributed by atoms with Crippen LogP contribution in [0.4, 0.5) is 0 Å². The first kappa shape index (κ1) is 87.6. The number of carbonyl (C=O) groups is 6. The number of hydrogen-bond acceptors (Lipinski definition) is 28. The zero-order chi connectivity index (χ0) is 84.0. The summed E-state index contributed by atoms with van der Waals surface area (Å²) in [5, 5.41) is 17.5. The first-order valence-electron chi connectivity index (χ1n) is 38.0. The molecule has 0 radical (unpaired) electrons. The van der Waals surface area contributed by atoms with Gasteiger partial charge in [0.1, 0.15) is 33.4 Å². The Morgan fingerprint density at radius 1 is 0.429 bits per heavy atom. The largest absolute Gasteiger partial charge is 0.452 e. The van der Waals surface area contributed by atoms with Crippen LogP contribution in [0.2, 0.25) is 0 Å². The summed E-state index contributed by atoms with van der Waals surface area (Å²) in [6.07, 6.45) is -13.3. The van der Waals surface area contributed by atoms with Crippen LogP contribution >= 0.6 is 17.8 Å². The van der Waals surface area contributed by atoms with Gasteiger partial charge in [0, 0.05) is 0 Å². The molecular formula is C85H88N6O24P2S2. The van der Waals surface area contributed by atoms with Crippen molar-refractivity contribution in [3.05, 3.63) is 291 Å². The lowest BCUT2D eigenvalue weighted by Crippen LogP contribution is -2.63. The lowest BCUT2D eigenvalue weighted by Gasteiger charge is -2.44. The van der Waals surface area contributed by atoms with Crippen molar-refractivity contribution in [2.75, 3.05) is 46.3 Å². The first-order chi connectivity index (χ1) is 57.6. The standard InChI is InChI=1S/C85H88N6O24P2S2/c1-6-57-44-55(3)45-64(53-116)77(57)119(100,101)107-52-68-71(111-79(93)59-27-15-8-16-28-59)73(113-81(95)61-31-19-10-20-32-61)75(115-83(97)63-35-23-12-24-36-63)85(109-68)105-50-66-48-91(89-87-66)38-40-103-42-41-102-39-37-90-47-65(86-88-90)49-104-84-74(114-82(96)62-33-21-11-22-34-62)72(112-80(94)60-29-17-9-18-30-60)70(110-78(92)58-25-13-7-14-26-58)67(108-84)51-106-118(98,99)76-56(4)43-54(2)46-69(76)117-5/h7-36,43-48,67-68,70-75,84-85,117H,6,37-42,49-53,116H2,1-5H3/t67-,68-,70?,71?,72+,73+,74+,75+,84-,85-/m1/s1. The predicted molar refractivity (Wildman–Crippen MR) is 432 cm³/mol. The van der Waals surface area contributed by atoms with Gasteiger partial charge in [-0.1, -0.05) is 171 Å². The molecular weight excluding hydrogens is 1620 g/mol. The average Bonchev–Trinajstić information content (AvgIpc) is 0.890. The number of nitrogens with zero attached hydrogens (tertiary/aromatic N) is 6. The third-order valence-corrected chi connectivity index (χ3v) is 23.4. The Hall–Kier alpha value is -10.7. The van der Waals surface area contributed by atoms with E-state index in [1.165, 1.54) is 82.2 Å². The highest BCUT2D eigenvalue weighted by molar-refractivity contribution is 7.87. The van der Waals surface area contributed by atoms with Crippen molar-refractivity contribution in [2.45, 2.75) is 138 Å². The predicted octanol–water partition coefficient (Wildman–Crippen LogP) is 10.0. The molecule has 0 spiro atoms. The van der Waals surface area contributed by atoms with Crippen LogP contribution in [0.15, 0.2) is 228 Å². The summed E-state index contributed by atoms with van der Waals surface area (Å²) < 4.78 is 147. The van der Waals surface area contributed by atoms with Gasteiger partial charge in [-0.25, -0.2) is 38.1 Å². The SMILES string of the molecule is CCc1cc(C)cc(CP)c1S(=O)(=O)OC[C@H]1O[C@@H](OCc2cn(CCOCCOCCn3cc(CO[C@@H]4O[C@H](COS(=O)(=O)c5c(C)cc(C)cc5PC)C(OC(=O)c5ccccc5)[C@H](OC(=O)c5ccccc5)[C@@H]4OC(=O)c4ccccc4)nn3)nn2)[C@@H](OC(=O)c2ccccc2)[C@@H](OC(=O)c2ccccc2)C1OC(=O)c1ccccc1. The number of ether oxygens (including phenoxy) is 12. The van der Waals surface area contributed by atoms with Crippen LogP contribution in [0.25, 0.3) is 0 Å². The zero-order valence-corrected chi connectivity index (χ0v) is 69.2. The topological polar surface area (TPSA) is 361 Å². The van der Waals surface area contributed by atoms with Crippen LogP contribution in [0.5, 0.6) is 0 Å². The van der Waals surface area contributed by atoms with Crippen LogP contribution in [0.3, 0.4) is 0 Å². The summed E-state index contributed by atoms with van der Waals surface area (Å²) >= 11 is 0. The minimum atomic E-state index is -4.61. The van der Waals surface area contributed by atoms with Gasteiger partial charge in [0.15, 0.2) is 49.2 Å². The molecule has 0 aliphatic carbocycles. The van der Waals surface area contributed by atoms with Crippen LogP contribution in [0.1, 0.15) is 108 Å². The molecule has 4 unspecified atom stereocenters. The van der Waals surface area contributed by atoms with Crippen molar-refractivity contribution in [3.63, 3.8) is 0 Å². The fourth-order valence-corrected chi connectivity index (χ4v) is 17.8. The summed E-state index contributed by atoms with van der Waals surface area (Å²) in [6.45, 7) is 7.56. The normalized spacial score (nSPS) is 19.3. The van der Waals surface area contributed by atoms with Gasteiger partial charge in [0.25, 0.3) is 20.2 Å². The summed E-state index contributed by atoms with van der Waals surface area (Å²) in [7, 11) is -6.60. The number of rotatable bonds is 38. The average molecular weight is 1700 g/mol. The lowest BCUT2D eigenvalue weighted by atomic mass is 9.97. The highest BCUT2D eigenvalue weighted by Gasteiger charge is 2.56. The Bertz CT molecular complexity index is 5310. The Morgan fingerprint density at radius 3 is 1.10 bits per heavy atom. The number of aromatic nitrogens is 6. The molecule has 4 heterocycles. The van der Waals surface area contributed by atoms with Gasteiger partial charge >= 0.3 is 35.8 Å². The molecule has 2 aromatic heterocycles. The molecule has 0 saturated carbocycles. The van der Waals surface area contributed by atoms with Gasteiger partial charge in [-0.3, -0.25) is 8.37 Å².